The molecule has 6 aromatic rings. The van der Waals surface area contributed by atoms with Gasteiger partial charge in [0.05, 0.1) is 5.69 Å². The molecule has 6 rings (SSSR count). The summed E-state index contributed by atoms with van der Waals surface area (Å²) >= 11 is 0. The second-order valence-electron chi connectivity index (χ2n) is 9.85. The first-order valence-electron chi connectivity index (χ1n) is 11.4. The third kappa shape index (κ3) is 3.19. The summed E-state index contributed by atoms with van der Waals surface area (Å²) in [5, 5.41) is 4.67. The van der Waals surface area contributed by atoms with E-state index >= 15 is 0 Å². The molecule has 0 spiro atoms. The molecule has 3 heteroatoms. The molecule has 0 saturated carbocycles. The average Bonchev–Trinajstić information content (AvgIpc) is 3.35. The summed E-state index contributed by atoms with van der Waals surface area (Å²) in [5.41, 5.74) is 7.37. The first-order chi connectivity index (χ1) is 15.9. The van der Waals surface area contributed by atoms with E-state index in [2.05, 4.69) is 99.6 Å². The van der Waals surface area contributed by atoms with E-state index in [4.69, 9.17) is 8.83 Å². The fourth-order valence-electron chi connectivity index (χ4n) is 5.05. The summed E-state index contributed by atoms with van der Waals surface area (Å²) in [5.74, 6) is 0. The number of anilines is 1. The Morgan fingerprint density at radius 2 is 1.36 bits per heavy atom. The van der Waals surface area contributed by atoms with Crippen LogP contribution in [-0.2, 0) is 11.8 Å². The molecular weight excluding hydrogens is 406 g/mol. The summed E-state index contributed by atoms with van der Waals surface area (Å²) in [6.45, 7) is 4.59. The first-order valence-corrected chi connectivity index (χ1v) is 11.4. The molecule has 0 aliphatic carbocycles. The zero-order chi connectivity index (χ0) is 22.7. The molecule has 2 heterocycles. The van der Waals surface area contributed by atoms with Gasteiger partial charge in [0.2, 0.25) is 0 Å². The molecule has 0 aliphatic heterocycles. The maximum atomic E-state index is 6.34. The van der Waals surface area contributed by atoms with Crippen LogP contribution in [-0.4, -0.2) is 14.1 Å². The van der Waals surface area contributed by atoms with Crippen molar-refractivity contribution in [2.24, 2.45) is 0 Å². The van der Waals surface area contributed by atoms with Crippen LogP contribution >= 0.6 is 0 Å². The van der Waals surface area contributed by atoms with Gasteiger partial charge in [-0.2, -0.15) is 0 Å². The van der Waals surface area contributed by atoms with Gasteiger partial charge in [-0.05, 0) is 47.2 Å². The van der Waals surface area contributed by atoms with Gasteiger partial charge in [0.1, 0.15) is 16.7 Å². The molecule has 0 atom stereocenters. The van der Waals surface area contributed by atoms with Gasteiger partial charge in [0.25, 0.3) is 0 Å². The molecule has 0 aliphatic rings. The number of para-hydroxylation sites is 2. The lowest BCUT2D eigenvalue weighted by Crippen LogP contribution is -2.20. The molecule has 164 valence electrons. The quantitative estimate of drug-likeness (QED) is 0.281. The van der Waals surface area contributed by atoms with E-state index in [0.717, 1.165) is 39.8 Å². The van der Waals surface area contributed by atoms with E-state index < -0.39 is 0 Å². The zero-order valence-corrected chi connectivity index (χ0v) is 19.5. The van der Waals surface area contributed by atoms with Crippen LogP contribution in [0.5, 0.6) is 0 Å². The molecule has 4 aromatic carbocycles. The molecule has 0 radical (unpaired) electrons. The third-order valence-corrected chi connectivity index (χ3v) is 6.83. The molecule has 0 N–H and O–H groups in total. The predicted molar refractivity (Wildman–Crippen MR) is 138 cm³/mol. The number of hydrogen-bond acceptors (Lipinski definition) is 3. The molecule has 2 aromatic heterocycles. The lowest BCUT2D eigenvalue weighted by Gasteiger charge is -2.25. The second-order valence-corrected chi connectivity index (χ2v) is 9.85. The van der Waals surface area contributed by atoms with E-state index in [9.17, 15) is 0 Å². The van der Waals surface area contributed by atoms with Gasteiger partial charge in [-0.15, -0.1) is 0 Å². The number of benzene rings is 4. The van der Waals surface area contributed by atoms with Crippen molar-refractivity contribution in [2.45, 2.75) is 25.7 Å². The van der Waals surface area contributed by atoms with E-state index in [1.807, 2.05) is 12.1 Å². The van der Waals surface area contributed by atoms with Crippen molar-refractivity contribution in [3.05, 3.63) is 90.0 Å². The van der Waals surface area contributed by atoms with Crippen LogP contribution in [0.1, 0.15) is 25.0 Å². The molecule has 3 nitrogen and oxygen atoms in total. The SMILES string of the molecule is CN(C)c1cccc2c1oc1cc(CC(C)(C)c3ccc4c(c3)oc3ccccc34)ccc12. The average molecular weight is 434 g/mol. The Kier molecular flexibility index (Phi) is 4.31. The minimum atomic E-state index is -0.0539. The third-order valence-electron chi connectivity index (χ3n) is 6.83. The minimum Gasteiger partial charge on any atom is -0.456 e. The summed E-state index contributed by atoms with van der Waals surface area (Å²) < 4.78 is 12.5. The zero-order valence-electron chi connectivity index (χ0n) is 19.5. The first kappa shape index (κ1) is 19.9. The highest BCUT2D eigenvalue weighted by Gasteiger charge is 2.23. The number of furan rings is 2. The molecule has 0 fully saturated rings. The maximum Gasteiger partial charge on any atom is 0.158 e. The van der Waals surface area contributed by atoms with Crippen LogP contribution in [0.3, 0.4) is 0 Å². The number of nitrogens with zero attached hydrogens (tertiary/aromatic N) is 1. The van der Waals surface area contributed by atoms with Gasteiger partial charge in [0, 0.05) is 35.6 Å². The molecule has 0 amide bonds. The number of rotatable bonds is 4. The van der Waals surface area contributed by atoms with Crippen LogP contribution in [0, 0.1) is 0 Å². The van der Waals surface area contributed by atoms with Crippen LogP contribution in [0.4, 0.5) is 5.69 Å². The van der Waals surface area contributed by atoms with Crippen molar-refractivity contribution in [1.29, 1.82) is 0 Å². The van der Waals surface area contributed by atoms with Crippen molar-refractivity contribution in [3.8, 4) is 0 Å². The minimum absolute atomic E-state index is 0.0539. The summed E-state index contributed by atoms with van der Waals surface area (Å²) in [7, 11) is 4.10. The Labute approximate surface area is 193 Å². The highest BCUT2D eigenvalue weighted by atomic mass is 16.3. The summed E-state index contributed by atoms with van der Waals surface area (Å²) in [4.78, 5) is 2.10. The molecule has 33 heavy (non-hydrogen) atoms. The van der Waals surface area contributed by atoms with Crippen molar-refractivity contribution in [1.82, 2.24) is 0 Å². The Balaban J connectivity index is 1.38. The predicted octanol–water partition coefficient (Wildman–Crippen LogP) is 8.07. The highest BCUT2D eigenvalue weighted by Crippen LogP contribution is 2.37. The van der Waals surface area contributed by atoms with Crippen LogP contribution in [0.25, 0.3) is 43.9 Å². The molecule has 0 unspecified atom stereocenters. The lowest BCUT2D eigenvalue weighted by molar-refractivity contribution is 0.521. The van der Waals surface area contributed by atoms with Crippen LogP contribution in [0.2, 0.25) is 0 Å². The van der Waals surface area contributed by atoms with Gasteiger partial charge in [-0.1, -0.05) is 68.4 Å². The van der Waals surface area contributed by atoms with Crippen molar-refractivity contribution < 1.29 is 8.83 Å². The Bertz CT molecular complexity index is 1650. The Morgan fingerprint density at radius 3 is 2.21 bits per heavy atom. The highest BCUT2D eigenvalue weighted by molar-refractivity contribution is 6.09. The molecule has 0 saturated heterocycles. The van der Waals surface area contributed by atoms with Gasteiger partial charge in [0.15, 0.2) is 5.58 Å². The smallest absolute Gasteiger partial charge is 0.158 e. The van der Waals surface area contributed by atoms with Crippen LogP contribution in [0.15, 0.2) is 87.7 Å². The van der Waals surface area contributed by atoms with E-state index in [1.54, 1.807) is 0 Å². The second kappa shape index (κ2) is 7.14. The van der Waals surface area contributed by atoms with Crippen LogP contribution < -0.4 is 4.90 Å². The fraction of sp³-hybridized carbons (Fsp3) is 0.200. The van der Waals surface area contributed by atoms with Gasteiger partial charge >= 0.3 is 0 Å². The largest absolute Gasteiger partial charge is 0.456 e. The lowest BCUT2D eigenvalue weighted by atomic mass is 9.79. The Morgan fingerprint density at radius 1 is 0.667 bits per heavy atom. The standard InChI is InChI=1S/C30H27NO2/c1-30(2,20-13-15-22-21-8-5-6-11-26(21)32-28(22)17-20)18-19-12-14-23-24-9-7-10-25(31(3)4)29(24)33-27(23)16-19/h5-17H,18H2,1-4H3. The molecule has 0 bridgehead atoms. The maximum absolute atomic E-state index is 6.34. The van der Waals surface area contributed by atoms with E-state index in [1.165, 1.54) is 27.3 Å². The van der Waals surface area contributed by atoms with Gasteiger partial charge < -0.3 is 13.7 Å². The van der Waals surface area contributed by atoms with Crippen molar-refractivity contribution in [3.63, 3.8) is 0 Å². The van der Waals surface area contributed by atoms with Gasteiger partial charge in [-0.25, -0.2) is 0 Å². The Hall–Kier alpha value is -3.72. The summed E-state index contributed by atoms with van der Waals surface area (Å²) in [6, 6.07) is 27.9. The van der Waals surface area contributed by atoms with Gasteiger partial charge in [-0.3, -0.25) is 0 Å². The topological polar surface area (TPSA) is 29.5 Å². The molecular formula is C30H27NO2. The van der Waals surface area contributed by atoms with Crippen molar-refractivity contribution >= 4 is 49.6 Å². The monoisotopic (exact) mass is 433 g/mol. The summed E-state index contributed by atoms with van der Waals surface area (Å²) in [6.07, 6.45) is 0.909. The normalized spacial score (nSPS) is 12.4. The number of hydrogen-bond donors (Lipinski definition) is 0. The van der Waals surface area contributed by atoms with E-state index in [0.29, 0.717) is 0 Å². The van der Waals surface area contributed by atoms with E-state index in [-0.39, 0.29) is 5.41 Å². The number of fused-ring (bicyclic) bond motifs is 6. The fourth-order valence-corrected chi connectivity index (χ4v) is 5.05. The van der Waals surface area contributed by atoms with Crippen molar-refractivity contribution in [2.75, 3.05) is 19.0 Å².